The highest BCUT2D eigenvalue weighted by atomic mass is 32.1. The smallest absolute Gasteiger partial charge is 0.257 e. The van der Waals surface area contributed by atoms with E-state index in [1.54, 1.807) is 17.5 Å². The average molecular weight is 464 g/mol. The van der Waals surface area contributed by atoms with Gasteiger partial charge in [0.1, 0.15) is 5.75 Å². The van der Waals surface area contributed by atoms with Crippen molar-refractivity contribution in [3.8, 4) is 5.75 Å². The van der Waals surface area contributed by atoms with Crippen LogP contribution in [0.3, 0.4) is 0 Å². The van der Waals surface area contributed by atoms with Gasteiger partial charge in [0.25, 0.3) is 5.91 Å². The molecule has 0 bridgehead atoms. The number of benzene rings is 1. The van der Waals surface area contributed by atoms with Crippen LogP contribution in [-0.4, -0.2) is 35.5 Å². The van der Waals surface area contributed by atoms with Gasteiger partial charge in [-0.05, 0) is 47.0 Å². The van der Waals surface area contributed by atoms with Gasteiger partial charge in [-0.25, -0.2) is 4.98 Å². The first-order valence-electron chi connectivity index (χ1n) is 10.8. The third-order valence-corrected chi connectivity index (χ3v) is 7.43. The van der Waals surface area contributed by atoms with Gasteiger partial charge in [0, 0.05) is 48.1 Å². The predicted octanol–water partition coefficient (Wildman–Crippen LogP) is 5.25. The van der Waals surface area contributed by atoms with Gasteiger partial charge < -0.3 is 4.74 Å². The van der Waals surface area contributed by atoms with Crippen molar-refractivity contribution in [1.29, 1.82) is 0 Å². The van der Waals surface area contributed by atoms with E-state index < -0.39 is 0 Å². The number of allylic oxidation sites excluding steroid dienone is 2. The molecule has 1 aliphatic heterocycles. The Hall–Kier alpha value is -2.74. The summed E-state index contributed by atoms with van der Waals surface area (Å²) in [4.78, 5) is 20.8. The lowest BCUT2D eigenvalue weighted by molar-refractivity contribution is 0.102. The number of hydrogen-bond donors (Lipinski definition) is 1. The molecule has 1 N–H and O–H groups in total. The molecule has 1 amide bonds. The number of nitrogens with one attached hydrogen (secondary N) is 1. The average Bonchev–Trinajstić information content (AvgIpc) is 3.55. The number of thiazole rings is 1. The topological polar surface area (TPSA) is 54.5 Å². The lowest BCUT2D eigenvalue weighted by Gasteiger charge is -2.17. The van der Waals surface area contributed by atoms with Crippen molar-refractivity contribution >= 4 is 33.7 Å². The van der Waals surface area contributed by atoms with E-state index in [2.05, 4.69) is 63.1 Å². The van der Waals surface area contributed by atoms with Gasteiger partial charge in [0.15, 0.2) is 5.13 Å². The number of amides is 1. The third-order valence-electron chi connectivity index (χ3n) is 5.80. The minimum Gasteiger partial charge on any atom is -0.493 e. The fourth-order valence-corrected chi connectivity index (χ4v) is 5.51. The van der Waals surface area contributed by atoms with Crippen LogP contribution in [0.4, 0.5) is 5.13 Å². The zero-order valence-corrected chi connectivity index (χ0v) is 19.3. The number of hydrogen-bond acceptors (Lipinski definition) is 6. The number of aromatic nitrogens is 1. The Morgan fingerprint density at radius 2 is 1.97 bits per heavy atom. The van der Waals surface area contributed by atoms with Crippen LogP contribution < -0.4 is 10.1 Å². The van der Waals surface area contributed by atoms with Crippen LogP contribution in [0.1, 0.15) is 20.8 Å². The Labute approximate surface area is 196 Å². The van der Waals surface area contributed by atoms with Crippen molar-refractivity contribution < 1.29 is 9.53 Å². The van der Waals surface area contributed by atoms with E-state index in [-0.39, 0.29) is 5.91 Å². The highest BCUT2D eigenvalue weighted by Gasteiger charge is 2.30. The monoisotopic (exact) mass is 463 g/mol. The van der Waals surface area contributed by atoms with E-state index in [0.717, 1.165) is 37.4 Å². The zero-order chi connectivity index (χ0) is 21.8. The fourth-order valence-electron chi connectivity index (χ4n) is 4.29. The molecule has 5 rings (SSSR count). The predicted molar refractivity (Wildman–Crippen MR) is 131 cm³/mol. The van der Waals surface area contributed by atoms with Crippen molar-refractivity contribution in [2.75, 3.05) is 25.0 Å². The van der Waals surface area contributed by atoms with Crippen molar-refractivity contribution in [2.45, 2.75) is 13.0 Å². The summed E-state index contributed by atoms with van der Waals surface area (Å²) >= 11 is 3.14. The van der Waals surface area contributed by atoms with Gasteiger partial charge >= 0.3 is 0 Å². The molecule has 2 atom stereocenters. The molecule has 32 heavy (non-hydrogen) atoms. The second-order valence-corrected chi connectivity index (χ2v) is 10.1. The van der Waals surface area contributed by atoms with Crippen LogP contribution in [0.15, 0.2) is 71.6 Å². The summed E-state index contributed by atoms with van der Waals surface area (Å²) in [5.41, 5.74) is 1.69. The van der Waals surface area contributed by atoms with Gasteiger partial charge in [-0.2, -0.15) is 0 Å². The van der Waals surface area contributed by atoms with Gasteiger partial charge in [-0.15, -0.1) is 22.7 Å². The first kappa shape index (κ1) is 21.1. The van der Waals surface area contributed by atoms with E-state index >= 15 is 0 Å². The molecular formula is C25H25N3O2S2. The minimum atomic E-state index is -0.161. The summed E-state index contributed by atoms with van der Waals surface area (Å²) < 4.78 is 6.08. The molecule has 0 saturated carbocycles. The lowest BCUT2D eigenvalue weighted by Crippen LogP contribution is -2.21. The molecule has 1 aromatic carbocycles. The molecule has 164 valence electrons. The van der Waals surface area contributed by atoms with Gasteiger partial charge in [0.05, 0.1) is 6.61 Å². The van der Waals surface area contributed by atoms with Crippen LogP contribution in [0.2, 0.25) is 0 Å². The molecule has 3 aromatic rings. The quantitative estimate of drug-likeness (QED) is 0.496. The Morgan fingerprint density at radius 1 is 1.12 bits per heavy atom. The summed E-state index contributed by atoms with van der Waals surface area (Å²) in [6.07, 6.45) is 11.5. The number of carbonyl (C=O) groups excluding carboxylic acids is 1. The number of thiophene rings is 1. The first-order valence-corrected chi connectivity index (χ1v) is 12.6. The number of likely N-dealkylation sites (tertiary alicyclic amines) is 1. The summed E-state index contributed by atoms with van der Waals surface area (Å²) in [7, 11) is 0. The largest absolute Gasteiger partial charge is 0.493 e. The second-order valence-electron chi connectivity index (χ2n) is 8.13. The van der Waals surface area contributed by atoms with E-state index in [1.807, 2.05) is 17.5 Å². The maximum atomic E-state index is 12.9. The van der Waals surface area contributed by atoms with Crippen molar-refractivity contribution in [3.05, 3.63) is 87.6 Å². The Morgan fingerprint density at radius 3 is 2.69 bits per heavy atom. The molecule has 2 aromatic heterocycles. The number of ether oxygens (including phenoxy) is 1. The van der Waals surface area contributed by atoms with Crippen molar-refractivity contribution in [2.24, 2.45) is 11.8 Å². The van der Waals surface area contributed by atoms with Gasteiger partial charge in [-0.1, -0.05) is 30.4 Å². The Kier molecular flexibility index (Phi) is 6.48. The number of fused-ring (bicyclic) bond motifs is 1. The Bertz CT molecular complexity index is 1090. The molecule has 1 saturated heterocycles. The fraction of sp³-hybridized carbons (Fsp3) is 0.280. The number of nitrogens with zero attached hydrogens (tertiary/aromatic N) is 2. The van der Waals surface area contributed by atoms with Gasteiger partial charge in [-0.3, -0.25) is 15.0 Å². The SMILES string of the molecule is O=C(Nc1nccs1)c1cc(CN2CC3C=CC=CC3C2)cc(OCCc2cccs2)c1. The van der Waals surface area contributed by atoms with E-state index in [0.29, 0.717) is 29.1 Å². The molecule has 1 fully saturated rings. The zero-order valence-electron chi connectivity index (χ0n) is 17.6. The van der Waals surface area contributed by atoms with E-state index in [4.69, 9.17) is 4.74 Å². The first-order chi connectivity index (χ1) is 15.7. The van der Waals surface area contributed by atoms with Crippen LogP contribution in [0.25, 0.3) is 0 Å². The molecule has 2 unspecified atom stereocenters. The van der Waals surface area contributed by atoms with Crippen molar-refractivity contribution in [3.63, 3.8) is 0 Å². The highest BCUT2D eigenvalue weighted by molar-refractivity contribution is 7.13. The third kappa shape index (κ3) is 5.18. The normalized spacial score (nSPS) is 19.8. The Balaban J connectivity index is 1.31. The van der Waals surface area contributed by atoms with Crippen molar-refractivity contribution in [1.82, 2.24) is 9.88 Å². The second kappa shape index (κ2) is 9.81. The summed E-state index contributed by atoms with van der Waals surface area (Å²) in [5, 5.41) is 7.41. The maximum Gasteiger partial charge on any atom is 0.257 e. The molecule has 7 heteroatoms. The minimum absolute atomic E-state index is 0.161. The molecular weight excluding hydrogens is 438 g/mol. The van der Waals surface area contributed by atoms with Crippen LogP contribution in [0, 0.1) is 11.8 Å². The maximum absolute atomic E-state index is 12.9. The molecule has 0 spiro atoms. The molecule has 0 radical (unpaired) electrons. The summed E-state index contributed by atoms with van der Waals surface area (Å²) in [6, 6.07) is 10.0. The molecule has 1 aliphatic carbocycles. The molecule has 3 heterocycles. The van der Waals surface area contributed by atoms with Crippen LogP contribution in [-0.2, 0) is 13.0 Å². The molecule has 5 nitrogen and oxygen atoms in total. The number of carbonyl (C=O) groups is 1. The van der Waals surface area contributed by atoms with E-state index in [1.165, 1.54) is 16.2 Å². The van der Waals surface area contributed by atoms with Crippen LogP contribution >= 0.6 is 22.7 Å². The van der Waals surface area contributed by atoms with Crippen LogP contribution in [0.5, 0.6) is 5.75 Å². The summed E-state index contributed by atoms with van der Waals surface area (Å²) in [6.45, 7) is 3.46. The number of anilines is 1. The highest BCUT2D eigenvalue weighted by Crippen LogP contribution is 2.30. The van der Waals surface area contributed by atoms with E-state index in [9.17, 15) is 4.79 Å². The molecule has 2 aliphatic rings. The lowest BCUT2D eigenvalue weighted by atomic mass is 9.92. The van der Waals surface area contributed by atoms with Gasteiger partial charge in [0.2, 0.25) is 0 Å². The number of rotatable bonds is 8. The standard InChI is InChI=1S/C25H25N3O2S2/c29-24(27-25-26-8-11-32-25)21-12-18(15-28-16-19-4-1-2-5-20(19)17-28)13-22(14-21)30-9-7-23-6-3-10-31-23/h1-6,8,10-14,19-20H,7,9,15-17H2,(H,26,27,29). The summed E-state index contributed by atoms with van der Waals surface area (Å²) in [5.74, 6) is 1.74.